The number of fused-ring (bicyclic) bond motifs is 1. The lowest BCUT2D eigenvalue weighted by Gasteiger charge is -2.14. The van der Waals surface area contributed by atoms with Crippen molar-refractivity contribution < 1.29 is 4.79 Å². The van der Waals surface area contributed by atoms with E-state index in [2.05, 4.69) is 22.3 Å². The second kappa shape index (κ2) is 7.60. The maximum Gasteiger partial charge on any atom is 0.256 e. The molecule has 2 aromatic heterocycles. The predicted molar refractivity (Wildman–Crippen MR) is 109 cm³/mol. The molecular formula is C22H21N5O. The van der Waals surface area contributed by atoms with Crippen molar-refractivity contribution in [1.82, 2.24) is 19.7 Å². The number of aromatic nitrogens is 4. The summed E-state index contributed by atoms with van der Waals surface area (Å²) >= 11 is 0. The van der Waals surface area contributed by atoms with E-state index in [1.165, 1.54) is 6.33 Å². The molecule has 0 aliphatic rings. The molecule has 0 saturated heterocycles. The Morgan fingerprint density at radius 2 is 1.89 bits per heavy atom. The summed E-state index contributed by atoms with van der Waals surface area (Å²) in [5.74, 6) is -0.116. The third kappa shape index (κ3) is 3.49. The molecule has 4 aromatic rings. The van der Waals surface area contributed by atoms with Gasteiger partial charge in [0.05, 0.1) is 17.6 Å². The van der Waals surface area contributed by atoms with E-state index in [0.29, 0.717) is 12.1 Å². The molecular weight excluding hydrogens is 350 g/mol. The van der Waals surface area contributed by atoms with Crippen LogP contribution in [0.5, 0.6) is 0 Å². The molecule has 0 atom stereocenters. The Balaban J connectivity index is 1.61. The minimum Gasteiger partial charge on any atom is -0.322 e. The number of aryl methyl sites for hydroxylation is 1. The molecule has 6 heteroatoms. The van der Waals surface area contributed by atoms with Gasteiger partial charge in [-0.05, 0) is 42.7 Å². The molecule has 0 aliphatic carbocycles. The largest absolute Gasteiger partial charge is 0.322 e. The number of nitrogens with zero attached hydrogens (tertiary/aromatic N) is 4. The zero-order valence-electron chi connectivity index (χ0n) is 15.9. The Labute approximate surface area is 163 Å². The molecule has 140 valence electrons. The van der Waals surface area contributed by atoms with Crippen LogP contribution in [0.4, 0.5) is 5.69 Å². The van der Waals surface area contributed by atoms with Crippen molar-refractivity contribution in [3.05, 3.63) is 83.6 Å². The minimum absolute atomic E-state index is 0.116. The zero-order chi connectivity index (χ0) is 19.5. The number of benzene rings is 2. The number of pyridine rings is 1. The molecule has 0 aliphatic heterocycles. The van der Waals surface area contributed by atoms with Gasteiger partial charge in [-0.2, -0.15) is 5.10 Å². The highest BCUT2D eigenvalue weighted by Gasteiger charge is 2.17. The van der Waals surface area contributed by atoms with Crippen LogP contribution in [0, 0.1) is 6.92 Å². The smallest absolute Gasteiger partial charge is 0.256 e. The molecule has 2 heterocycles. The molecule has 28 heavy (non-hydrogen) atoms. The van der Waals surface area contributed by atoms with Crippen molar-refractivity contribution >= 4 is 22.5 Å². The van der Waals surface area contributed by atoms with Crippen LogP contribution < -0.4 is 5.32 Å². The predicted octanol–water partition coefficient (Wildman–Crippen LogP) is 4.00. The summed E-state index contributed by atoms with van der Waals surface area (Å²) in [6, 6.07) is 15.5. The molecule has 0 fully saturated rings. The Hall–Kier alpha value is -3.54. The average Bonchev–Trinajstić information content (AvgIpc) is 3.22. The van der Waals surface area contributed by atoms with Gasteiger partial charge in [-0.15, -0.1) is 0 Å². The van der Waals surface area contributed by atoms with Crippen LogP contribution in [0.3, 0.4) is 0 Å². The number of anilines is 1. The maximum absolute atomic E-state index is 13.1. The fourth-order valence-corrected chi connectivity index (χ4v) is 3.38. The highest BCUT2D eigenvalue weighted by atomic mass is 16.1. The Bertz CT molecular complexity index is 1120. The lowest BCUT2D eigenvalue weighted by molar-refractivity contribution is 0.102. The van der Waals surface area contributed by atoms with Gasteiger partial charge in [0, 0.05) is 16.8 Å². The average molecular weight is 371 g/mol. The van der Waals surface area contributed by atoms with Crippen LogP contribution in [0.25, 0.3) is 10.9 Å². The number of rotatable bonds is 5. The molecule has 0 bridgehead atoms. The van der Waals surface area contributed by atoms with Gasteiger partial charge in [0.2, 0.25) is 0 Å². The van der Waals surface area contributed by atoms with Gasteiger partial charge in [-0.25, -0.2) is 9.67 Å². The number of para-hydroxylation sites is 1. The minimum atomic E-state index is -0.116. The highest BCUT2D eigenvalue weighted by Crippen LogP contribution is 2.24. The molecule has 0 spiro atoms. The van der Waals surface area contributed by atoms with Crippen LogP contribution in [0.1, 0.15) is 34.1 Å². The van der Waals surface area contributed by atoms with Crippen molar-refractivity contribution in [2.75, 3.05) is 5.32 Å². The molecule has 4 rings (SSSR count). The third-order valence-electron chi connectivity index (χ3n) is 4.82. The molecule has 1 N–H and O–H groups in total. The van der Waals surface area contributed by atoms with Crippen LogP contribution >= 0.6 is 0 Å². The summed E-state index contributed by atoms with van der Waals surface area (Å²) in [7, 11) is 0. The Morgan fingerprint density at radius 3 is 2.61 bits per heavy atom. The number of carbonyl (C=O) groups excluding carboxylic acids is 1. The van der Waals surface area contributed by atoms with E-state index in [4.69, 9.17) is 4.98 Å². The van der Waals surface area contributed by atoms with Crippen molar-refractivity contribution in [3.8, 4) is 0 Å². The van der Waals surface area contributed by atoms with Crippen LogP contribution in [0.2, 0.25) is 0 Å². The molecule has 0 unspecified atom stereocenters. The molecule has 0 saturated carbocycles. The Morgan fingerprint density at radius 1 is 1.11 bits per heavy atom. The van der Waals surface area contributed by atoms with Crippen LogP contribution in [0.15, 0.2) is 61.2 Å². The monoisotopic (exact) mass is 371 g/mol. The van der Waals surface area contributed by atoms with Crippen LogP contribution in [-0.2, 0) is 13.0 Å². The number of hydrogen-bond acceptors (Lipinski definition) is 4. The first-order valence-electron chi connectivity index (χ1n) is 9.26. The summed E-state index contributed by atoms with van der Waals surface area (Å²) in [5, 5.41) is 8.01. The first kappa shape index (κ1) is 17.9. The number of nitrogens with one attached hydrogen (secondary N) is 1. The fraction of sp³-hybridized carbons (Fsp3) is 0.182. The SMILES string of the molecule is CCc1nc2ccccc2c(C(=O)Nc2ccc(Cn3cncn3)cc2)c1C. The summed E-state index contributed by atoms with van der Waals surface area (Å²) in [6.45, 7) is 4.66. The van der Waals surface area contributed by atoms with E-state index >= 15 is 0 Å². The van der Waals surface area contributed by atoms with Gasteiger partial charge in [-0.1, -0.05) is 37.3 Å². The standard InChI is InChI=1S/C22H21N5O/c1-3-19-15(2)21(18-6-4-5-7-20(18)26-19)22(28)25-17-10-8-16(9-11-17)12-27-14-23-13-24-27/h4-11,13-14H,3,12H2,1-2H3,(H,25,28). The van der Waals surface area contributed by atoms with E-state index in [9.17, 15) is 4.79 Å². The highest BCUT2D eigenvalue weighted by molar-refractivity contribution is 6.13. The quantitative estimate of drug-likeness (QED) is 0.575. The van der Waals surface area contributed by atoms with Gasteiger partial charge in [0.1, 0.15) is 12.7 Å². The van der Waals surface area contributed by atoms with E-state index in [-0.39, 0.29) is 5.91 Å². The first-order chi connectivity index (χ1) is 13.7. The molecule has 6 nitrogen and oxygen atoms in total. The van der Waals surface area contributed by atoms with Crippen LogP contribution in [-0.4, -0.2) is 25.7 Å². The Kier molecular flexibility index (Phi) is 4.85. The summed E-state index contributed by atoms with van der Waals surface area (Å²) in [6.07, 6.45) is 3.98. The van der Waals surface area contributed by atoms with E-state index in [0.717, 1.165) is 39.8 Å². The van der Waals surface area contributed by atoms with E-state index in [1.807, 2.05) is 55.5 Å². The van der Waals surface area contributed by atoms with Crippen molar-refractivity contribution in [1.29, 1.82) is 0 Å². The number of hydrogen-bond donors (Lipinski definition) is 1. The van der Waals surface area contributed by atoms with Gasteiger partial charge in [0.25, 0.3) is 5.91 Å². The number of carbonyl (C=O) groups is 1. The van der Waals surface area contributed by atoms with Gasteiger partial charge in [-0.3, -0.25) is 9.78 Å². The van der Waals surface area contributed by atoms with Gasteiger partial charge >= 0.3 is 0 Å². The number of amides is 1. The second-order valence-electron chi connectivity index (χ2n) is 6.67. The molecule has 0 radical (unpaired) electrons. The van der Waals surface area contributed by atoms with Crippen molar-refractivity contribution in [2.24, 2.45) is 0 Å². The summed E-state index contributed by atoms with van der Waals surface area (Å²) < 4.78 is 1.76. The summed E-state index contributed by atoms with van der Waals surface area (Å²) in [4.78, 5) is 21.7. The topological polar surface area (TPSA) is 72.7 Å². The normalized spacial score (nSPS) is 10.9. The van der Waals surface area contributed by atoms with Gasteiger partial charge < -0.3 is 5.32 Å². The molecule has 2 aromatic carbocycles. The van der Waals surface area contributed by atoms with E-state index < -0.39 is 0 Å². The lowest BCUT2D eigenvalue weighted by atomic mass is 9.99. The summed E-state index contributed by atoms with van der Waals surface area (Å²) in [5.41, 5.74) is 5.26. The third-order valence-corrected chi connectivity index (χ3v) is 4.82. The van der Waals surface area contributed by atoms with E-state index in [1.54, 1.807) is 11.0 Å². The van der Waals surface area contributed by atoms with Crippen molar-refractivity contribution in [3.63, 3.8) is 0 Å². The van der Waals surface area contributed by atoms with Crippen molar-refractivity contribution in [2.45, 2.75) is 26.8 Å². The van der Waals surface area contributed by atoms with Gasteiger partial charge in [0.15, 0.2) is 0 Å². The first-order valence-corrected chi connectivity index (χ1v) is 9.26. The second-order valence-corrected chi connectivity index (χ2v) is 6.67. The zero-order valence-corrected chi connectivity index (χ0v) is 15.9. The lowest BCUT2D eigenvalue weighted by Crippen LogP contribution is -2.16. The molecule has 1 amide bonds. The maximum atomic E-state index is 13.1. The fourth-order valence-electron chi connectivity index (χ4n) is 3.38.